The van der Waals surface area contributed by atoms with Crippen LogP contribution in [0, 0.1) is 13.8 Å². The number of benzene rings is 6. The van der Waals surface area contributed by atoms with Crippen molar-refractivity contribution in [2.75, 3.05) is 5.32 Å². The molecular weight excluding hydrogens is 511 g/mol. The minimum atomic E-state index is 0.876. The van der Waals surface area contributed by atoms with Gasteiger partial charge in [0.25, 0.3) is 0 Å². The van der Waals surface area contributed by atoms with Crippen LogP contribution in [0.2, 0.25) is 0 Å². The molecular formula is C38H27BN2O. The molecule has 2 aromatic heterocycles. The van der Waals surface area contributed by atoms with Crippen LogP contribution >= 0.6 is 0 Å². The van der Waals surface area contributed by atoms with Crippen molar-refractivity contribution in [3.05, 3.63) is 126 Å². The number of rotatable bonds is 3. The second-order valence-corrected chi connectivity index (χ2v) is 11.6. The van der Waals surface area contributed by atoms with Crippen molar-refractivity contribution in [3.8, 4) is 16.8 Å². The van der Waals surface area contributed by atoms with Gasteiger partial charge in [-0.15, -0.1) is 0 Å². The van der Waals surface area contributed by atoms with E-state index in [0.717, 1.165) is 46.2 Å². The first-order valence-corrected chi connectivity index (χ1v) is 14.6. The fourth-order valence-electron chi connectivity index (χ4n) is 7.05. The lowest BCUT2D eigenvalue weighted by Gasteiger charge is -2.25. The number of hydrogen-bond acceptors (Lipinski definition) is 2. The zero-order valence-corrected chi connectivity index (χ0v) is 23.5. The number of aryl methyl sites for hydroxylation is 2. The Labute approximate surface area is 244 Å². The van der Waals surface area contributed by atoms with Crippen molar-refractivity contribution < 1.29 is 4.42 Å². The van der Waals surface area contributed by atoms with Gasteiger partial charge in [-0.25, -0.2) is 0 Å². The summed E-state index contributed by atoms with van der Waals surface area (Å²) in [5.74, 6) is 0. The third kappa shape index (κ3) is 3.29. The molecule has 0 spiro atoms. The highest BCUT2D eigenvalue weighted by Crippen LogP contribution is 2.40. The van der Waals surface area contributed by atoms with Crippen molar-refractivity contribution in [3.63, 3.8) is 0 Å². The lowest BCUT2D eigenvalue weighted by Crippen LogP contribution is -2.37. The Hall–Kier alpha value is -5.22. The lowest BCUT2D eigenvalue weighted by atomic mass is 9.59. The van der Waals surface area contributed by atoms with E-state index in [-0.39, 0.29) is 0 Å². The molecule has 8 aromatic rings. The summed E-state index contributed by atoms with van der Waals surface area (Å²) in [5.41, 5.74) is 15.4. The fraction of sp³-hybridized carbons (Fsp3) is 0.0526. The van der Waals surface area contributed by atoms with E-state index >= 15 is 0 Å². The highest BCUT2D eigenvalue weighted by Gasteiger charge is 2.26. The van der Waals surface area contributed by atoms with Crippen molar-refractivity contribution in [2.45, 2.75) is 13.8 Å². The Morgan fingerprint density at radius 1 is 0.619 bits per heavy atom. The summed E-state index contributed by atoms with van der Waals surface area (Å²) in [5, 5.41) is 8.70. The van der Waals surface area contributed by atoms with Gasteiger partial charge in [0, 0.05) is 49.7 Å². The van der Waals surface area contributed by atoms with Gasteiger partial charge in [0.1, 0.15) is 11.2 Å². The van der Waals surface area contributed by atoms with E-state index in [0.29, 0.717) is 0 Å². The predicted octanol–water partition coefficient (Wildman–Crippen LogP) is 8.41. The highest BCUT2D eigenvalue weighted by atomic mass is 16.3. The van der Waals surface area contributed by atoms with Crippen LogP contribution in [0.4, 0.5) is 11.4 Å². The van der Waals surface area contributed by atoms with Gasteiger partial charge in [-0.05, 0) is 72.4 Å². The predicted molar refractivity (Wildman–Crippen MR) is 179 cm³/mol. The molecule has 0 saturated carbocycles. The maximum Gasteiger partial charge on any atom is 0.198 e. The first-order valence-electron chi connectivity index (χ1n) is 14.6. The molecule has 1 aliphatic rings. The van der Waals surface area contributed by atoms with Gasteiger partial charge in [-0.1, -0.05) is 84.3 Å². The number of furan rings is 1. The van der Waals surface area contributed by atoms with Crippen LogP contribution in [0.15, 0.2) is 120 Å². The van der Waals surface area contributed by atoms with Crippen LogP contribution in [-0.4, -0.2) is 11.8 Å². The minimum absolute atomic E-state index is 0.876. The molecule has 0 saturated heterocycles. The van der Waals surface area contributed by atoms with E-state index in [2.05, 4.69) is 133 Å². The molecule has 0 amide bonds. The molecule has 4 heteroatoms. The Morgan fingerprint density at radius 2 is 1.40 bits per heavy atom. The molecule has 1 N–H and O–H groups in total. The molecule has 0 radical (unpaired) electrons. The summed E-state index contributed by atoms with van der Waals surface area (Å²) in [6.07, 6.45) is 0. The Morgan fingerprint density at radius 3 is 2.31 bits per heavy atom. The van der Waals surface area contributed by atoms with Gasteiger partial charge < -0.3 is 14.3 Å². The summed E-state index contributed by atoms with van der Waals surface area (Å²) in [4.78, 5) is 0. The van der Waals surface area contributed by atoms with Gasteiger partial charge in [-0.3, -0.25) is 0 Å². The van der Waals surface area contributed by atoms with Crippen molar-refractivity contribution in [2.24, 2.45) is 0 Å². The number of anilines is 2. The number of nitrogens with one attached hydrogen (secondary N) is 1. The normalized spacial score (nSPS) is 12.2. The van der Waals surface area contributed by atoms with E-state index in [4.69, 9.17) is 4.42 Å². The SMILES string of the molecule is Cc1cc(-c2cc3oc4ccccc4c3cc2Nc2ccccc2C)c2c(c1)-n1c3ccccc3c3cccc(c31)B2. The number of para-hydroxylation sites is 4. The smallest absolute Gasteiger partial charge is 0.198 e. The topological polar surface area (TPSA) is 30.1 Å². The molecule has 42 heavy (non-hydrogen) atoms. The molecule has 3 heterocycles. The van der Waals surface area contributed by atoms with Crippen molar-refractivity contribution >= 4 is 73.3 Å². The summed E-state index contributed by atoms with van der Waals surface area (Å²) >= 11 is 0. The second-order valence-electron chi connectivity index (χ2n) is 11.6. The van der Waals surface area contributed by atoms with Crippen LogP contribution in [0.5, 0.6) is 0 Å². The van der Waals surface area contributed by atoms with E-state index in [1.165, 1.54) is 55.1 Å². The summed E-state index contributed by atoms with van der Waals surface area (Å²) in [6, 6.07) is 41.6. The zero-order chi connectivity index (χ0) is 27.9. The average molecular weight is 538 g/mol. The first kappa shape index (κ1) is 23.5. The standard InChI is InChI=1S/C38H27BN2O/c1-22-18-29(37-34(19-22)41-33-16-7-4-11-24(33)26-13-9-14-30(39-37)38(26)41)27-21-36-28(25-12-5-8-17-35(25)42-36)20-32(27)40-31-15-6-3-10-23(31)2/h3-21,39-40H,1-2H3. The lowest BCUT2D eigenvalue weighted by molar-refractivity contribution is 0.669. The molecule has 198 valence electrons. The van der Waals surface area contributed by atoms with E-state index in [9.17, 15) is 0 Å². The number of hydrogen-bond donors (Lipinski definition) is 1. The number of fused-ring (bicyclic) bond motifs is 8. The highest BCUT2D eigenvalue weighted by molar-refractivity contribution is 6.73. The molecule has 0 bridgehead atoms. The molecule has 1 aliphatic heterocycles. The van der Waals surface area contributed by atoms with Gasteiger partial charge >= 0.3 is 0 Å². The van der Waals surface area contributed by atoms with Crippen LogP contribution in [-0.2, 0) is 0 Å². The minimum Gasteiger partial charge on any atom is -0.456 e. The molecule has 0 unspecified atom stereocenters. The maximum absolute atomic E-state index is 6.43. The molecule has 9 rings (SSSR count). The Kier molecular flexibility index (Phi) is 4.83. The molecule has 0 atom stereocenters. The summed E-state index contributed by atoms with van der Waals surface area (Å²) in [7, 11) is 0.876. The third-order valence-corrected chi connectivity index (χ3v) is 8.98. The monoisotopic (exact) mass is 538 g/mol. The molecule has 0 aliphatic carbocycles. The molecule has 6 aromatic carbocycles. The van der Waals surface area contributed by atoms with Crippen molar-refractivity contribution in [1.29, 1.82) is 0 Å². The first-order chi connectivity index (χ1) is 20.6. The van der Waals surface area contributed by atoms with E-state index in [1.807, 2.05) is 6.07 Å². The maximum atomic E-state index is 6.43. The summed E-state index contributed by atoms with van der Waals surface area (Å²) < 4.78 is 8.92. The van der Waals surface area contributed by atoms with Crippen LogP contribution in [0.25, 0.3) is 60.6 Å². The Balaban J connectivity index is 1.36. The molecule has 0 fully saturated rings. The quantitative estimate of drug-likeness (QED) is 0.229. The fourth-order valence-corrected chi connectivity index (χ4v) is 7.05. The number of nitrogens with zero attached hydrogens (tertiary/aromatic N) is 1. The second kappa shape index (κ2) is 8.64. The van der Waals surface area contributed by atoms with Gasteiger partial charge in [0.05, 0.1) is 5.52 Å². The van der Waals surface area contributed by atoms with Gasteiger partial charge in [0.15, 0.2) is 7.28 Å². The van der Waals surface area contributed by atoms with Crippen LogP contribution in [0.1, 0.15) is 11.1 Å². The van der Waals surface area contributed by atoms with Gasteiger partial charge in [0.2, 0.25) is 0 Å². The van der Waals surface area contributed by atoms with Crippen LogP contribution < -0.4 is 16.2 Å². The van der Waals surface area contributed by atoms with Crippen LogP contribution in [0.3, 0.4) is 0 Å². The largest absolute Gasteiger partial charge is 0.456 e. The number of aromatic nitrogens is 1. The van der Waals surface area contributed by atoms with Crippen molar-refractivity contribution in [1.82, 2.24) is 4.57 Å². The summed E-state index contributed by atoms with van der Waals surface area (Å²) in [6.45, 7) is 4.36. The Bertz CT molecular complexity index is 2390. The average Bonchev–Trinajstić information content (AvgIpc) is 3.55. The third-order valence-electron chi connectivity index (χ3n) is 8.98. The van der Waals surface area contributed by atoms with E-state index in [1.54, 1.807) is 0 Å². The van der Waals surface area contributed by atoms with Gasteiger partial charge in [-0.2, -0.15) is 0 Å². The molecule has 3 nitrogen and oxygen atoms in total. The van der Waals surface area contributed by atoms with E-state index < -0.39 is 0 Å². The zero-order valence-electron chi connectivity index (χ0n) is 23.5.